The van der Waals surface area contributed by atoms with E-state index in [0.717, 1.165) is 42.5 Å². The molecule has 0 bridgehead atoms. The molecule has 4 aromatic rings. The van der Waals surface area contributed by atoms with E-state index in [9.17, 15) is 14.0 Å². The molecule has 1 aliphatic heterocycles. The van der Waals surface area contributed by atoms with E-state index in [-0.39, 0.29) is 23.1 Å². The molecule has 40 heavy (non-hydrogen) atoms. The predicted octanol–water partition coefficient (Wildman–Crippen LogP) is 4.86. The smallest absolute Gasteiger partial charge is 0.271 e. The lowest BCUT2D eigenvalue weighted by molar-refractivity contribution is 0.0927. The average molecular weight is 558 g/mol. The first-order valence-electron chi connectivity index (χ1n) is 13.3. The SMILES string of the molecule is NC(=O)c1ncc(N2CCCC(NC(=O)c3ccc(C4CC4)cc3F)C2)nc1Nc1cc(-c2ccccc2)ns1. The molecule has 11 heteroatoms. The van der Waals surface area contributed by atoms with E-state index in [2.05, 4.69) is 25.0 Å². The van der Waals surface area contributed by atoms with E-state index in [1.807, 2.05) is 47.4 Å². The van der Waals surface area contributed by atoms with E-state index >= 15 is 0 Å². The van der Waals surface area contributed by atoms with Crippen LogP contribution in [0.15, 0.2) is 60.8 Å². The second-order valence-electron chi connectivity index (χ2n) is 10.1. The molecule has 1 aliphatic carbocycles. The molecule has 1 unspecified atom stereocenters. The Morgan fingerprint density at radius 3 is 2.65 bits per heavy atom. The van der Waals surface area contributed by atoms with Crippen molar-refractivity contribution in [1.29, 1.82) is 0 Å². The van der Waals surface area contributed by atoms with E-state index in [1.54, 1.807) is 6.07 Å². The minimum atomic E-state index is -0.701. The van der Waals surface area contributed by atoms with Gasteiger partial charge in [-0.1, -0.05) is 36.4 Å². The monoisotopic (exact) mass is 557 g/mol. The third-order valence-corrected chi connectivity index (χ3v) is 7.89. The molecule has 0 radical (unpaired) electrons. The van der Waals surface area contributed by atoms with E-state index in [0.29, 0.717) is 29.8 Å². The van der Waals surface area contributed by atoms with Gasteiger partial charge in [-0.15, -0.1) is 0 Å². The maximum absolute atomic E-state index is 14.7. The van der Waals surface area contributed by atoms with Crippen LogP contribution in [0.3, 0.4) is 0 Å². The van der Waals surface area contributed by atoms with Crippen LogP contribution in [0.4, 0.5) is 21.0 Å². The molecule has 2 amide bonds. The highest BCUT2D eigenvalue weighted by atomic mass is 32.1. The van der Waals surface area contributed by atoms with Gasteiger partial charge in [0.2, 0.25) is 0 Å². The molecule has 1 saturated heterocycles. The summed E-state index contributed by atoms with van der Waals surface area (Å²) in [6.07, 6.45) is 5.20. The van der Waals surface area contributed by atoms with Crippen LogP contribution in [0.25, 0.3) is 11.3 Å². The van der Waals surface area contributed by atoms with Crippen LogP contribution in [0.5, 0.6) is 0 Å². The third kappa shape index (κ3) is 5.64. The summed E-state index contributed by atoms with van der Waals surface area (Å²) < 4.78 is 19.2. The fraction of sp³-hybridized carbons (Fsp3) is 0.276. The fourth-order valence-corrected chi connectivity index (χ4v) is 5.61. The largest absolute Gasteiger partial charge is 0.364 e. The van der Waals surface area contributed by atoms with Crippen LogP contribution in [-0.2, 0) is 0 Å². The number of carbonyl (C=O) groups excluding carboxylic acids is 2. The highest BCUT2D eigenvalue weighted by Crippen LogP contribution is 2.40. The molecule has 0 spiro atoms. The van der Waals surface area contributed by atoms with Crippen molar-refractivity contribution >= 4 is 40.0 Å². The lowest BCUT2D eigenvalue weighted by Gasteiger charge is -2.34. The van der Waals surface area contributed by atoms with Gasteiger partial charge in [-0.2, -0.15) is 4.37 Å². The molecule has 4 N–H and O–H groups in total. The van der Waals surface area contributed by atoms with Gasteiger partial charge in [-0.25, -0.2) is 14.4 Å². The normalized spacial score (nSPS) is 16.9. The molecular weight excluding hydrogens is 529 g/mol. The van der Waals surface area contributed by atoms with Crippen molar-refractivity contribution in [2.24, 2.45) is 5.73 Å². The van der Waals surface area contributed by atoms with Gasteiger partial charge in [-0.3, -0.25) is 9.59 Å². The van der Waals surface area contributed by atoms with Gasteiger partial charge < -0.3 is 21.3 Å². The average Bonchev–Trinajstić information content (AvgIpc) is 3.71. The zero-order valence-electron chi connectivity index (χ0n) is 21.6. The number of hydrogen-bond acceptors (Lipinski definition) is 8. The number of carbonyl (C=O) groups is 2. The maximum atomic E-state index is 14.7. The van der Waals surface area contributed by atoms with Gasteiger partial charge in [0.15, 0.2) is 11.5 Å². The molecule has 6 rings (SSSR count). The second kappa shape index (κ2) is 11.0. The fourth-order valence-electron chi connectivity index (χ4n) is 4.95. The van der Waals surface area contributed by atoms with E-state index in [1.165, 1.54) is 23.8 Å². The standard InChI is InChI=1S/C29H28FN7O2S/c30-22-13-19(17-8-9-17)10-11-21(22)29(39)33-20-7-4-12-37(16-20)24-15-32-26(27(31)38)28(34-24)35-25-14-23(36-40-25)18-5-2-1-3-6-18/h1-3,5-6,10-11,13-15,17,20H,4,7-9,12,16H2,(H2,31,38)(H,33,39)(H,34,35). The molecule has 2 aromatic carbocycles. The number of anilines is 3. The van der Waals surface area contributed by atoms with Crippen molar-refractivity contribution in [2.45, 2.75) is 37.6 Å². The topological polar surface area (TPSA) is 126 Å². The van der Waals surface area contributed by atoms with Crippen molar-refractivity contribution in [3.8, 4) is 11.3 Å². The molecular formula is C29H28FN7O2S. The van der Waals surface area contributed by atoms with Crippen molar-refractivity contribution in [3.05, 3.63) is 83.4 Å². The summed E-state index contributed by atoms with van der Waals surface area (Å²) in [5.41, 5.74) is 8.38. The summed E-state index contributed by atoms with van der Waals surface area (Å²) in [6.45, 7) is 1.16. The summed E-state index contributed by atoms with van der Waals surface area (Å²) >= 11 is 1.24. The molecule has 1 saturated carbocycles. The first kappa shape index (κ1) is 25.9. The number of benzene rings is 2. The highest BCUT2D eigenvalue weighted by molar-refractivity contribution is 7.10. The number of primary amides is 1. The predicted molar refractivity (Wildman–Crippen MR) is 152 cm³/mol. The van der Waals surface area contributed by atoms with E-state index < -0.39 is 17.6 Å². The Hall–Kier alpha value is -4.38. The zero-order chi connectivity index (χ0) is 27.6. The summed E-state index contributed by atoms with van der Waals surface area (Å²) in [5, 5.41) is 6.82. The van der Waals surface area contributed by atoms with Crippen LogP contribution >= 0.6 is 11.5 Å². The van der Waals surface area contributed by atoms with Crippen LogP contribution in [0.1, 0.15) is 58.0 Å². The summed E-state index contributed by atoms with van der Waals surface area (Å²) in [4.78, 5) is 35.9. The van der Waals surface area contributed by atoms with Gasteiger partial charge in [-0.05, 0) is 60.8 Å². The Morgan fingerprint density at radius 1 is 1.07 bits per heavy atom. The number of nitrogens with two attached hydrogens (primary N) is 1. The van der Waals surface area contributed by atoms with Crippen molar-refractivity contribution in [3.63, 3.8) is 0 Å². The summed E-state index contributed by atoms with van der Waals surface area (Å²) in [5.74, 6) is -0.424. The first-order valence-corrected chi connectivity index (χ1v) is 14.0. The van der Waals surface area contributed by atoms with Gasteiger partial charge >= 0.3 is 0 Å². The van der Waals surface area contributed by atoms with Gasteiger partial charge in [0.25, 0.3) is 11.8 Å². The number of amides is 2. The molecule has 3 heterocycles. The quantitative estimate of drug-likeness (QED) is 0.283. The number of hydrogen-bond donors (Lipinski definition) is 3. The van der Waals surface area contributed by atoms with Crippen molar-refractivity contribution < 1.29 is 14.0 Å². The van der Waals surface area contributed by atoms with Gasteiger partial charge in [0.05, 0.1) is 17.5 Å². The highest BCUT2D eigenvalue weighted by Gasteiger charge is 2.27. The number of nitrogens with zero attached hydrogens (tertiary/aromatic N) is 4. The van der Waals surface area contributed by atoms with Crippen LogP contribution in [-0.4, -0.2) is 45.3 Å². The van der Waals surface area contributed by atoms with Crippen molar-refractivity contribution in [1.82, 2.24) is 19.7 Å². The summed E-state index contributed by atoms with van der Waals surface area (Å²) in [6, 6.07) is 16.3. The van der Waals surface area contributed by atoms with Crippen molar-refractivity contribution in [2.75, 3.05) is 23.3 Å². The molecule has 1 atom stereocenters. The number of halogens is 1. The summed E-state index contributed by atoms with van der Waals surface area (Å²) in [7, 11) is 0. The Kier molecular flexibility index (Phi) is 7.12. The number of piperidine rings is 1. The Bertz CT molecular complexity index is 1560. The minimum absolute atomic E-state index is 0.0189. The molecule has 2 aliphatic rings. The number of rotatable bonds is 8. The Labute approximate surface area is 234 Å². The van der Waals surface area contributed by atoms with Gasteiger partial charge in [0, 0.05) is 30.8 Å². The zero-order valence-corrected chi connectivity index (χ0v) is 22.5. The minimum Gasteiger partial charge on any atom is -0.364 e. The number of nitrogens with one attached hydrogen (secondary N) is 2. The molecule has 2 aromatic heterocycles. The molecule has 204 valence electrons. The third-order valence-electron chi connectivity index (χ3n) is 7.18. The van der Waals surface area contributed by atoms with Crippen LogP contribution in [0.2, 0.25) is 0 Å². The lowest BCUT2D eigenvalue weighted by atomic mass is 10.0. The Morgan fingerprint density at radius 2 is 1.90 bits per heavy atom. The molecule has 2 fully saturated rings. The van der Waals surface area contributed by atoms with E-state index in [4.69, 9.17) is 5.73 Å². The lowest BCUT2D eigenvalue weighted by Crippen LogP contribution is -2.48. The van der Waals surface area contributed by atoms with Crippen LogP contribution < -0.4 is 21.3 Å². The van der Waals surface area contributed by atoms with Crippen LogP contribution in [0, 0.1) is 5.82 Å². The second-order valence-corrected chi connectivity index (χ2v) is 10.9. The first-order chi connectivity index (χ1) is 19.4. The maximum Gasteiger partial charge on any atom is 0.271 e. The number of aromatic nitrogens is 3. The molecule has 9 nitrogen and oxygen atoms in total. The Balaban J connectivity index is 1.16. The van der Waals surface area contributed by atoms with Gasteiger partial charge in [0.1, 0.15) is 16.6 Å².